The van der Waals surface area contributed by atoms with Gasteiger partial charge in [0, 0.05) is 32.7 Å². The number of halogens is 1. The van der Waals surface area contributed by atoms with Crippen molar-refractivity contribution in [3.8, 4) is 0 Å². The van der Waals surface area contributed by atoms with E-state index in [1.807, 2.05) is 55.5 Å². The second-order valence-electron chi connectivity index (χ2n) is 8.47. The van der Waals surface area contributed by atoms with Gasteiger partial charge in [0.1, 0.15) is 12.2 Å². The molecule has 0 N–H and O–H groups in total. The third kappa shape index (κ3) is 5.72. The van der Waals surface area contributed by atoms with E-state index in [4.69, 9.17) is 20.8 Å². The molecule has 4 rings (SSSR count). The van der Waals surface area contributed by atoms with Gasteiger partial charge in [-0.3, -0.25) is 0 Å². The van der Waals surface area contributed by atoms with Crippen molar-refractivity contribution in [1.82, 2.24) is 0 Å². The van der Waals surface area contributed by atoms with E-state index in [-0.39, 0.29) is 6.61 Å². The average molecular weight is 493 g/mol. The Bertz CT molecular complexity index is 1370. The van der Waals surface area contributed by atoms with Gasteiger partial charge in [0.15, 0.2) is 0 Å². The molecule has 4 aromatic rings. The second-order valence-corrected chi connectivity index (χ2v) is 9.95. The van der Waals surface area contributed by atoms with Crippen LogP contribution in [0.5, 0.6) is 0 Å². The van der Waals surface area contributed by atoms with Gasteiger partial charge in [-0.25, -0.2) is 9.59 Å². The molecule has 0 spiro atoms. The fraction of sp³-hybridized carbons (Fsp3) is 0.214. The van der Waals surface area contributed by atoms with E-state index >= 15 is 0 Å². The topological polar surface area (TPSA) is 56.5 Å². The van der Waals surface area contributed by atoms with Crippen LogP contribution in [0, 0.1) is 6.92 Å². The molecule has 0 amide bonds. The molecule has 0 atom stereocenters. The number of benzene rings is 3. The molecule has 0 aliphatic rings. The smallest absolute Gasteiger partial charge is 0.338 e. The maximum atomic E-state index is 12.6. The summed E-state index contributed by atoms with van der Waals surface area (Å²) in [5.41, 5.74) is 4.47. The molecule has 0 radical (unpaired) electrons. The summed E-state index contributed by atoms with van der Waals surface area (Å²) in [5.74, 6) is 0.665. The molecule has 1 aromatic heterocycles. The Morgan fingerprint density at radius 2 is 1.74 bits per heavy atom. The van der Waals surface area contributed by atoms with Crippen LogP contribution in [0.25, 0.3) is 11.0 Å². The van der Waals surface area contributed by atoms with Gasteiger partial charge < -0.3 is 9.15 Å². The highest BCUT2D eigenvalue weighted by Crippen LogP contribution is 2.28. The molecule has 0 bridgehead atoms. The van der Waals surface area contributed by atoms with E-state index in [2.05, 4.69) is 13.8 Å². The summed E-state index contributed by atoms with van der Waals surface area (Å²) in [7, 11) is 0. The zero-order valence-corrected chi connectivity index (χ0v) is 20.8. The van der Waals surface area contributed by atoms with Crippen molar-refractivity contribution in [3.05, 3.63) is 110 Å². The zero-order chi connectivity index (χ0) is 24.2. The predicted octanol–water partition coefficient (Wildman–Crippen LogP) is 7.53. The third-order valence-corrected chi connectivity index (χ3v) is 6.94. The van der Waals surface area contributed by atoms with Gasteiger partial charge in [-0.05, 0) is 78.1 Å². The van der Waals surface area contributed by atoms with Crippen LogP contribution in [0.1, 0.15) is 52.4 Å². The fourth-order valence-electron chi connectivity index (χ4n) is 3.79. The Labute approximate surface area is 207 Å². The molecule has 0 aliphatic heterocycles. The van der Waals surface area contributed by atoms with E-state index in [0.717, 1.165) is 27.2 Å². The molecule has 0 fully saturated rings. The van der Waals surface area contributed by atoms with Gasteiger partial charge >= 0.3 is 11.6 Å². The average Bonchev–Trinajstić information content (AvgIpc) is 2.81. The van der Waals surface area contributed by atoms with Crippen LogP contribution >= 0.6 is 23.4 Å². The van der Waals surface area contributed by atoms with Gasteiger partial charge in [-0.1, -0.05) is 37.6 Å². The molecule has 0 saturated heterocycles. The van der Waals surface area contributed by atoms with E-state index in [9.17, 15) is 9.59 Å². The summed E-state index contributed by atoms with van der Waals surface area (Å²) < 4.78 is 10.9. The van der Waals surface area contributed by atoms with Crippen LogP contribution in [-0.4, -0.2) is 5.97 Å². The van der Waals surface area contributed by atoms with Crippen molar-refractivity contribution in [2.24, 2.45) is 0 Å². The first-order chi connectivity index (χ1) is 16.3. The number of aryl methyl sites for hydroxylation is 1. The summed E-state index contributed by atoms with van der Waals surface area (Å²) in [6.07, 6.45) is 0. The van der Waals surface area contributed by atoms with Crippen LogP contribution in [0.2, 0.25) is 5.02 Å². The van der Waals surface area contributed by atoms with Gasteiger partial charge in [0.25, 0.3) is 0 Å². The lowest BCUT2D eigenvalue weighted by molar-refractivity contribution is 0.0474. The molecule has 0 saturated carbocycles. The van der Waals surface area contributed by atoms with Crippen LogP contribution in [0.15, 0.2) is 80.8 Å². The van der Waals surface area contributed by atoms with Crippen LogP contribution in [0.3, 0.4) is 0 Å². The van der Waals surface area contributed by atoms with Crippen molar-refractivity contribution < 1.29 is 13.9 Å². The third-order valence-electron chi connectivity index (χ3n) is 5.61. The lowest BCUT2D eigenvalue weighted by Gasteiger charge is -2.13. The zero-order valence-electron chi connectivity index (χ0n) is 19.3. The number of esters is 1. The molecule has 34 heavy (non-hydrogen) atoms. The van der Waals surface area contributed by atoms with Crippen LogP contribution in [-0.2, 0) is 17.1 Å². The Kier molecular flexibility index (Phi) is 7.44. The summed E-state index contributed by atoms with van der Waals surface area (Å²) in [6.45, 7) is 6.23. The van der Waals surface area contributed by atoms with E-state index < -0.39 is 11.6 Å². The Morgan fingerprint density at radius 1 is 1.03 bits per heavy atom. The lowest BCUT2D eigenvalue weighted by atomic mass is 9.95. The highest BCUT2D eigenvalue weighted by Gasteiger charge is 2.14. The normalized spacial score (nSPS) is 11.2. The van der Waals surface area contributed by atoms with Gasteiger partial charge in [0.05, 0.1) is 5.56 Å². The molecule has 174 valence electrons. The quantitative estimate of drug-likeness (QED) is 0.151. The number of carbonyl (C=O) groups is 1. The number of thioether (sulfide) groups is 1. The molecule has 6 heteroatoms. The molecular weight excluding hydrogens is 468 g/mol. The Balaban J connectivity index is 1.44. The van der Waals surface area contributed by atoms with Crippen LogP contribution in [0.4, 0.5) is 0 Å². The standard InChI is InChI=1S/C28H25ClO4S/c1-17(2)24-14-25-21(13-27(30)33-26(25)12-18(24)3)15-32-28(31)20-6-4-19(5-7-20)16-34-23-10-8-22(29)9-11-23/h4-14,17H,15-16H2,1-3H3. The fourth-order valence-corrected chi connectivity index (χ4v) is 4.77. The first kappa shape index (κ1) is 24.1. The van der Waals surface area contributed by atoms with Crippen molar-refractivity contribution in [3.63, 3.8) is 0 Å². The molecule has 3 aromatic carbocycles. The maximum absolute atomic E-state index is 12.6. The second kappa shape index (κ2) is 10.5. The Hall–Kier alpha value is -3.02. The monoisotopic (exact) mass is 492 g/mol. The van der Waals surface area contributed by atoms with Crippen LogP contribution < -0.4 is 5.63 Å². The number of fused-ring (bicyclic) bond motifs is 1. The number of ether oxygens (including phenoxy) is 1. The lowest BCUT2D eigenvalue weighted by Crippen LogP contribution is -2.08. The van der Waals surface area contributed by atoms with Crippen molar-refractivity contribution >= 4 is 40.3 Å². The van der Waals surface area contributed by atoms with Gasteiger partial charge in [-0.2, -0.15) is 0 Å². The van der Waals surface area contributed by atoms with E-state index in [1.165, 1.54) is 11.6 Å². The first-order valence-electron chi connectivity index (χ1n) is 11.0. The molecule has 1 heterocycles. The largest absolute Gasteiger partial charge is 0.457 e. The van der Waals surface area contributed by atoms with Crippen molar-refractivity contribution in [1.29, 1.82) is 0 Å². The highest BCUT2D eigenvalue weighted by molar-refractivity contribution is 7.98. The summed E-state index contributed by atoms with van der Waals surface area (Å²) >= 11 is 7.63. The minimum absolute atomic E-state index is 0.00427. The molecular formula is C28H25ClO4S. The SMILES string of the molecule is Cc1cc2oc(=O)cc(COC(=O)c3ccc(CSc4ccc(Cl)cc4)cc3)c2cc1C(C)C. The van der Waals surface area contributed by atoms with Crippen molar-refractivity contribution in [2.45, 2.75) is 43.9 Å². The highest BCUT2D eigenvalue weighted by atomic mass is 35.5. The number of hydrogen-bond donors (Lipinski definition) is 0. The number of rotatable bonds is 7. The first-order valence-corrected chi connectivity index (χ1v) is 12.4. The van der Waals surface area contributed by atoms with Gasteiger partial charge in [0.2, 0.25) is 0 Å². The summed E-state index contributed by atoms with van der Waals surface area (Å²) in [4.78, 5) is 25.8. The van der Waals surface area contributed by atoms with Crippen molar-refractivity contribution in [2.75, 3.05) is 0 Å². The minimum Gasteiger partial charge on any atom is -0.457 e. The molecule has 0 aliphatic carbocycles. The number of carbonyl (C=O) groups excluding carboxylic acids is 1. The molecule has 4 nitrogen and oxygen atoms in total. The minimum atomic E-state index is -0.460. The summed E-state index contributed by atoms with van der Waals surface area (Å²) in [5, 5.41) is 1.50. The number of hydrogen-bond acceptors (Lipinski definition) is 5. The molecule has 0 unspecified atom stereocenters. The maximum Gasteiger partial charge on any atom is 0.338 e. The Morgan fingerprint density at radius 3 is 2.41 bits per heavy atom. The summed E-state index contributed by atoms with van der Waals surface area (Å²) in [6, 6.07) is 20.4. The van der Waals surface area contributed by atoms with E-state index in [1.54, 1.807) is 23.9 Å². The predicted molar refractivity (Wildman–Crippen MR) is 138 cm³/mol. The van der Waals surface area contributed by atoms with E-state index in [0.29, 0.717) is 27.7 Å². The van der Waals surface area contributed by atoms with Gasteiger partial charge in [-0.15, -0.1) is 11.8 Å².